The van der Waals surface area contributed by atoms with Crippen LogP contribution in [0.25, 0.3) is 0 Å². The van der Waals surface area contributed by atoms with Gasteiger partial charge >= 0.3 is 0 Å². The Bertz CT molecular complexity index is 385. The van der Waals surface area contributed by atoms with Crippen molar-refractivity contribution in [1.29, 1.82) is 0 Å². The van der Waals surface area contributed by atoms with Crippen LogP contribution in [0.2, 0.25) is 0 Å². The van der Waals surface area contributed by atoms with Crippen LogP contribution in [0.1, 0.15) is 31.4 Å². The predicted octanol–water partition coefficient (Wildman–Crippen LogP) is 2.38. The maximum atomic E-state index is 11.9. The fourth-order valence-electron chi connectivity index (χ4n) is 2.06. The van der Waals surface area contributed by atoms with Gasteiger partial charge in [0.25, 0.3) is 0 Å². The summed E-state index contributed by atoms with van der Waals surface area (Å²) in [5.41, 5.74) is 1.12. The molecule has 92 valence electrons. The number of hydrogen-bond acceptors (Lipinski definition) is 2. The Morgan fingerprint density at radius 1 is 1.47 bits per heavy atom. The van der Waals surface area contributed by atoms with Crippen LogP contribution in [0.15, 0.2) is 28.7 Å². The average Bonchev–Trinajstić information content (AvgIpc) is 2.83. The zero-order valence-corrected chi connectivity index (χ0v) is 11.5. The molecule has 0 bridgehead atoms. The van der Waals surface area contributed by atoms with Gasteiger partial charge in [-0.05, 0) is 44.0 Å². The molecule has 0 radical (unpaired) electrons. The number of rotatable bonds is 3. The smallest absolute Gasteiger partial charge is 0.237 e. The van der Waals surface area contributed by atoms with Gasteiger partial charge in [0.2, 0.25) is 5.91 Å². The highest BCUT2D eigenvalue weighted by Crippen LogP contribution is 2.17. The molecule has 0 saturated carbocycles. The molecule has 17 heavy (non-hydrogen) atoms. The number of amides is 1. The lowest BCUT2D eigenvalue weighted by atomic mass is 10.1. The minimum Gasteiger partial charge on any atom is -0.348 e. The van der Waals surface area contributed by atoms with Crippen molar-refractivity contribution in [2.45, 2.75) is 31.8 Å². The van der Waals surface area contributed by atoms with Crippen LogP contribution in [0.3, 0.4) is 0 Å². The zero-order chi connectivity index (χ0) is 12.3. The molecule has 0 aromatic heterocycles. The summed E-state index contributed by atoms with van der Waals surface area (Å²) in [5, 5.41) is 6.24. The first-order chi connectivity index (χ1) is 8.16. The van der Waals surface area contributed by atoms with Gasteiger partial charge in [0.1, 0.15) is 0 Å². The summed E-state index contributed by atoms with van der Waals surface area (Å²) in [5.74, 6) is 0.109. The molecule has 1 aliphatic rings. The van der Waals surface area contributed by atoms with E-state index in [0.29, 0.717) is 0 Å². The molecular formula is C13H17BrN2O. The number of carbonyl (C=O) groups excluding carboxylic acids is 1. The summed E-state index contributed by atoms with van der Waals surface area (Å²) in [4.78, 5) is 11.9. The van der Waals surface area contributed by atoms with Crippen LogP contribution in [0, 0.1) is 0 Å². The van der Waals surface area contributed by atoms with E-state index in [1.54, 1.807) is 0 Å². The summed E-state index contributed by atoms with van der Waals surface area (Å²) in [6.45, 7) is 2.96. The third-order valence-electron chi connectivity index (χ3n) is 3.11. The topological polar surface area (TPSA) is 41.1 Å². The van der Waals surface area contributed by atoms with E-state index in [4.69, 9.17) is 0 Å². The maximum absolute atomic E-state index is 11.9. The minimum atomic E-state index is -0.00658. The summed E-state index contributed by atoms with van der Waals surface area (Å²) in [7, 11) is 0. The minimum absolute atomic E-state index is 0.00658. The Kier molecular flexibility index (Phi) is 4.18. The van der Waals surface area contributed by atoms with Gasteiger partial charge in [-0.2, -0.15) is 0 Å². The Balaban J connectivity index is 1.93. The van der Waals surface area contributed by atoms with Gasteiger partial charge in [-0.1, -0.05) is 28.1 Å². The van der Waals surface area contributed by atoms with Crippen LogP contribution < -0.4 is 10.6 Å². The maximum Gasteiger partial charge on any atom is 0.237 e. The second-order valence-electron chi connectivity index (χ2n) is 4.43. The first-order valence-corrected chi connectivity index (χ1v) is 6.75. The van der Waals surface area contributed by atoms with E-state index in [2.05, 4.69) is 26.6 Å². The van der Waals surface area contributed by atoms with Crippen LogP contribution in [-0.4, -0.2) is 18.5 Å². The molecule has 1 aromatic rings. The molecule has 1 heterocycles. The van der Waals surface area contributed by atoms with Crippen molar-refractivity contribution >= 4 is 21.8 Å². The summed E-state index contributed by atoms with van der Waals surface area (Å²) >= 11 is 3.40. The highest BCUT2D eigenvalue weighted by molar-refractivity contribution is 9.10. The van der Waals surface area contributed by atoms with Crippen molar-refractivity contribution in [1.82, 2.24) is 10.6 Å². The molecule has 1 aliphatic heterocycles. The van der Waals surface area contributed by atoms with Gasteiger partial charge in [0.05, 0.1) is 12.1 Å². The first kappa shape index (κ1) is 12.6. The van der Waals surface area contributed by atoms with Crippen LogP contribution in [0.4, 0.5) is 0 Å². The number of nitrogens with one attached hydrogen (secondary N) is 2. The van der Waals surface area contributed by atoms with E-state index in [9.17, 15) is 4.79 Å². The molecule has 0 aliphatic carbocycles. The van der Waals surface area contributed by atoms with Crippen LogP contribution >= 0.6 is 15.9 Å². The quantitative estimate of drug-likeness (QED) is 0.899. The molecule has 1 amide bonds. The van der Waals surface area contributed by atoms with E-state index in [-0.39, 0.29) is 18.0 Å². The van der Waals surface area contributed by atoms with Gasteiger partial charge in [-0.15, -0.1) is 0 Å². The highest BCUT2D eigenvalue weighted by Gasteiger charge is 2.23. The molecule has 2 N–H and O–H groups in total. The number of halogens is 1. The van der Waals surface area contributed by atoms with Gasteiger partial charge in [0, 0.05) is 4.47 Å². The molecular weight excluding hydrogens is 280 g/mol. The predicted molar refractivity (Wildman–Crippen MR) is 71.7 cm³/mol. The highest BCUT2D eigenvalue weighted by atomic mass is 79.9. The molecule has 2 atom stereocenters. The third-order valence-corrected chi connectivity index (χ3v) is 3.63. The molecule has 1 fully saturated rings. The molecule has 2 rings (SSSR count). The Morgan fingerprint density at radius 3 is 2.76 bits per heavy atom. The fraction of sp³-hybridized carbons (Fsp3) is 0.462. The van der Waals surface area contributed by atoms with Crippen molar-refractivity contribution < 1.29 is 4.79 Å². The average molecular weight is 297 g/mol. The van der Waals surface area contributed by atoms with Crippen LogP contribution in [0.5, 0.6) is 0 Å². The Morgan fingerprint density at radius 2 is 2.18 bits per heavy atom. The van der Waals surface area contributed by atoms with E-state index in [1.165, 1.54) is 0 Å². The number of benzene rings is 1. The van der Waals surface area contributed by atoms with E-state index >= 15 is 0 Å². The summed E-state index contributed by atoms with van der Waals surface area (Å²) in [6, 6.07) is 8.08. The summed E-state index contributed by atoms with van der Waals surface area (Å²) < 4.78 is 1.05. The third kappa shape index (κ3) is 3.30. The largest absolute Gasteiger partial charge is 0.348 e. The Hall–Kier alpha value is -0.870. The Labute approximate surface area is 110 Å². The lowest BCUT2D eigenvalue weighted by Gasteiger charge is -2.17. The monoisotopic (exact) mass is 296 g/mol. The number of hydrogen-bond donors (Lipinski definition) is 2. The molecule has 1 saturated heterocycles. The van der Waals surface area contributed by atoms with Crippen molar-refractivity contribution in [3.63, 3.8) is 0 Å². The standard InChI is InChI=1S/C13H17BrN2O/c1-9(10-4-6-11(14)7-5-10)16-13(17)12-3-2-8-15-12/h4-7,9,12,15H,2-3,8H2,1H3,(H,16,17)/t9-,12+/m1/s1. The second kappa shape index (κ2) is 5.65. The fourth-order valence-corrected chi connectivity index (χ4v) is 2.32. The number of carbonyl (C=O) groups is 1. The van der Waals surface area contributed by atoms with Gasteiger partial charge in [-0.25, -0.2) is 0 Å². The van der Waals surface area contributed by atoms with Crippen molar-refractivity contribution in [3.05, 3.63) is 34.3 Å². The van der Waals surface area contributed by atoms with E-state index in [0.717, 1.165) is 29.4 Å². The second-order valence-corrected chi connectivity index (χ2v) is 5.35. The molecule has 4 heteroatoms. The molecule has 3 nitrogen and oxygen atoms in total. The zero-order valence-electron chi connectivity index (χ0n) is 9.87. The van der Waals surface area contributed by atoms with Crippen molar-refractivity contribution in [2.24, 2.45) is 0 Å². The molecule has 0 spiro atoms. The van der Waals surface area contributed by atoms with E-state index < -0.39 is 0 Å². The molecule has 1 aromatic carbocycles. The first-order valence-electron chi connectivity index (χ1n) is 5.96. The van der Waals surface area contributed by atoms with Crippen molar-refractivity contribution in [2.75, 3.05) is 6.54 Å². The van der Waals surface area contributed by atoms with Crippen molar-refractivity contribution in [3.8, 4) is 0 Å². The van der Waals surface area contributed by atoms with Gasteiger partial charge in [-0.3, -0.25) is 4.79 Å². The summed E-state index contributed by atoms with van der Waals surface area (Å²) in [6.07, 6.45) is 2.03. The molecule has 0 unspecified atom stereocenters. The van der Waals surface area contributed by atoms with Gasteiger partial charge < -0.3 is 10.6 Å². The van der Waals surface area contributed by atoms with Crippen LogP contribution in [-0.2, 0) is 4.79 Å². The lowest BCUT2D eigenvalue weighted by molar-refractivity contribution is -0.123. The lowest BCUT2D eigenvalue weighted by Crippen LogP contribution is -2.41. The van der Waals surface area contributed by atoms with Gasteiger partial charge in [0.15, 0.2) is 0 Å². The normalized spacial score (nSPS) is 21.2. The SMILES string of the molecule is C[C@@H](NC(=O)[C@@H]1CCCN1)c1ccc(Br)cc1. The van der Waals surface area contributed by atoms with E-state index in [1.807, 2.05) is 31.2 Å².